The third kappa shape index (κ3) is 7.81. The molecule has 0 unspecified atom stereocenters. The summed E-state index contributed by atoms with van der Waals surface area (Å²) in [5.74, 6) is -0.868. The zero-order valence-electron chi connectivity index (χ0n) is 25.5. The third-order valence-corrected chi connectivity index (χ3v) is 15.8. The number of hydrogen-bond acceptors (Lipinski definition) is 8. The lowest BCUT2D eigenvalue weighted by Gasteiger charge is -2.30. The number of nitrogens with one attached hydrogen (secondary N) is 2. The van der Waals surface area contributed by atoms with E-state index in [0.29, 0.717) is 45.7 Å². The van der Waals surface area contributed by atoms with Crippen molar-refractivity contribution in [3.8, 4) is 11.1 Å². The number of piperidine rings is 2. The Kier molecular flexibility index (Phi) is 10.6. The molecule has 4 heterocycles. The quantitative estimate of drug-likeness (QED) is 0.191. The number of thiophene rings is 2. The van der Waals surface area contributed by atoms with E-state index in [1.165, 1.54) is 20.7 Å². The number of anilines is 2. The summed E-state index contributed by atoms with van der Waals surface area (Å²) in [5.41, 5.74) is 3.15. The molecule has 2 amide bonds. The van der Waals surface area contributed by atoms with E-state index in [4.69, 9.17) is 23.2 Å². The van der Waals surface area contributed by atoms with Crippen molar-refractivity contribution in [3.05, 3.63) is 81.5 Å². The van der Waals surface area contributed by atoms with Gasteiger partial charge in [0.25, 0.3) is 20.0 Å². The molecule has 2 aliphatic heterocycles. The summed E-state index contributed by atoms with van der Waals surface area (Å²) >= 11 is 13.9. The molecule has 16 heteroatoms. The maximum atomic E-state index is 12.9. The van der Waals surface area contributed by atoms with Crippen molar-refractivity contribution in [2.75, 3.05) is 36.8 Å². The molecule has 2 aromatic heterocycles. The van der Waals surface area contributed by atoms with Gasteiger partial charge in [-0.1, -0.05) is 47.5 Å². The first-order valence-corrected chi connectivity index (χ1v) is 20.5. The van der Waals surface area contributed by atoms with Gasteiger partial charge in [0, 0.05) is 49.4 Å². The van der Waals surface area contributed by atoms with Crippen LogP contribution < -0.4 is 10.6 Å². The van der Waals surface area contributed by atoms with Crippen LogP contribution in [0.3, 0.4) is 0 Å². The second kappa shape index (κ2) is 14.6. The first-order valence-electron chi connectivity index (χ1n) is 15.2. The average molecular weight is 768 g/mol. The van der Waals surface area contributed by atoms with Crippen molar-refractivity contribution in [1.82, 2.24) is 8.61 Å². The molecule has 0 saturated carbocycles. The summed E-state index contributed by atoms with van der Waals surface area (Å²) < 4.78 is 55.5. The van der Waals surface area contributed by atoms with Crippen molar-refractivity contribution >= 4 is 89.1 Å². The van der Waals surface area contributed by atoms with Gasteiger partial charge in [-0.15, -0.1) is 22.7 Å². The minimum atomic E-state index is -3.62. The summed E-state index contributed by atoms with van der Waals surface area (Å²) in [6, 6.07) is 21.0. The van der Waals surface area contributed by atoms with Crippen molar-refractivity contribution in [1.29, 1.82) is 0 Å². The number of carbonyl (C=O) groups excluding carboxylic acids is 2. The molecule has 2 N–H and O–H groups in total. The molecule has 2 aromatic carbocycles. The predicted octanol–water partition coefficient (Wildman–Crippen LogP) is 6.86. The Bertz CT molecular complexity index is 1850. The summed E-state index contributed by atoms with van der Waals surface area (Å²) in [6.45, 7) is 1.06. The number of amides is 2. The van der Waals surface area contributed by atoms with Crippen molar-refractivity contribution in [2.45, 2.75) is 34.1 Å². The summed E-state index contributed by atoms with van der Waals surface area (Å²) in [7, 11) is -7.23. The van der Waals surface area contributed by atoms with Crippen LogP contribution in [0.15, 0.2) is 81.2 Å². The molecule has 0 atom stereocenters. The van der Waals surface area contributed by atoms with Gasteiger partial charge in [0.15, 0.2) is 0 Å². The molecule has 0 bridgehead atoms. The Labute approximate surface area is 297 Å². The van der Waals surface area contributed by atoms with Crippen molar-refractivity contribution < 1.29 is 26.4 Å². The average Bonchev–Trinajstić information content (AvgIpc) is 3.74. The fourth-order valence-corrected chi connectivity index (χ4v) is 12.0. The molecule has 0 aliphatic carbocycles. The van der Waals surface area contributed by atoms with Crippen LogP contribution in [0.25, 0.3) is 11.1 Å². The van der Waals surface area contributed by atoms with Crippen LogP contribution in [0.1, 0.15) is 25.7 Å². The standard InChI is InChI=1S/C32H32Cl2N4O6S4/c33-27-9-11-29(45-27)47(41,42)37-17-13-23(14-18-37)31(39)35-25-5-1-21(2-6-25)22-3-7-26(8-4-22)36-32(40)24-15-19-38(20-16-24)48(43,44)30-12-10-28(34)46-30/h1-12,23-24H,13-20H2,(H,35,39)(H,36,40). The molecule has 254 valence electrons. The van der Waals surface area contributed by atoms with E-state index in [9.17, 15) is 26.4 Å². The Morgan fingerprint density at radius 1 is 0.562 bits per heavy atom. The highest BCUT2D eigenvalue weighted by molar-refractivity contribution is 7.91. The van der Waals surface area contributed by atoms with E-state index in [2.05, 4.69) is 10.6 Å². The second-order valence-corrected chi connectivity index (χ2v) is 19.4. The highest BCUT2D eigenvalue weighted by atomic mass is 35.5. The van der Waals surface area contributed by atoms with E-state index < -0.39 is 20.0 Å². The molecular formula is C32H32Cl2N4O6S4. The van der Waals surface area contributed by atoms with Crippen LogP contribution in [0.5, 0.6) is 0 Å². The van der Waals surface area contributed by atoms with Gasteiger partial charge in [-0.05, 0) is 85.3 Å². The number of nitrogens with zero attached hydrogens (tertiary/aromatic N) is 2. The lowest BCUT2D eigenvalue weighted by Crippen LogP contribution is -2.41. The van der Waals surface area contributed by atoms with Gasteiger partial charge < -0.3 is 10.6 Å². The fourth-order valence-electron chi connectivity index (χ4n) is 5.82. The second-order valence-electron chi connectivity index (χ2n) is 11.6. The minimum absolute atomic E-state index is 0.140. The van der Waals surface area contributed by atoms with Gasteiger partial charge in [0.2, 0.25) is 11.8 Å². The summed E-state index contributed by atoms with van der Waals surface area (Å²) in [5, 5.41) is 5.90. The number of rotatable bonds is 9. The highest BCUT2D eigenvalue weighted by Crippen LogP contribution is 2.33. The minimum Gasteiger partial charge on any atom is -0.326 e. The highest BCUT2D eigenvalue weighted by Gasteiger charge is 2.34. The Hall–Kier alpha value is -2.82. The van der Waals surface area contributed by atoms with E-state index in [-0.39, 0.29) is 58.2 Å². The van der Waals surface area contributed by atoms with Crippen LogP contribution in [0.4, 0.5) is 11.4 Å². The first-order chi connectivity index (χ1) is 22.9. The molecule has 0 radical (unpaired) electrons. The van der Waals surface area contributed by atoms with Gasteiger partial charge >= 0.3 is 0 Å². The van der Waals surface area contributed by atoms with Gasteiger partial charge in [-0.25, -0.2) is 16.8 Å². The van der Waals surface area contributed by atoms with Gasteiger partial charge in [-0.3, -0.25) is 9.59 Å². The topological polar surface area (TPSA) is 133 Å². The van der Waals surface area contributed by atoms with E-state index in [0.717, 1.165) is 33.8 Å². The number of benzene rings is 2. The molecule has 48 heavy (non-hydrogen) atoms. The largest absolute Gasteiger partial charge is 0.326 e. The van der Waals surface area contributed by atoms with E-state index in [1.54, 1.807) is 12.1 Å². The Morgan fingerprint density at radius 3 is 1.19 bits per heavy atom. The molecule has 2 fully saturated rings. The smallest absolute Gasteiger partial charge is 0.252 e. The lowest BCUT2D eigenvalue weighted by atomic mass is 9.97. The maximum absolute atomic E-state index is 12.9. The fraction of sp³-hybridized carbons (Fsp3) is 0.312. The van der Waals surface area contributed by atoms with Crippen molar-refractivity contribution in [3.63, 3.8) is 0 Å². The summed E-state index contributed by atoms with van der Waals surface area (Å²) in [6.07, 6.45) is 1.71. The molecule has 2 saturated heterocycles. The van der Waals surface area contributed by atoms with E-state index in [1.807, 2.05) is 48.5 Å². The van der Waals surface area contributed by atoms with Crippen LogP contribution in [0, 0.1) is 11.8 Å². The van der Waals surface area contributed by atoms with Crippen molar-refractivity contribution in [2.24, 2.45) is 11.8 Å². The molecule has 4 aromatic rings. The van der Waals surface area contributed by atoms with Crippen LogP contribution >= 0.6 is 45.9 Å². The van der Waals surface area contributed by atoms with Crippen LogP contribution in [-0.2, 0) is 29.6 Å². The molecular weight excluding hydrogens is 736 g/mol. The molecule has 0 spiro atoms. The zero-order valence-corrected chi connectivity index (χ0v) is 30.3. The zero-order chi connectivity index (χ0) is 34.1. The molecule has 2 aliphatic rings. The lowest BCUT2D eigenvalue weighted by molar-refractivity contribution is -0.121. The van der Waals surface area contributed by atoms with Crippen LogP contribution in [-0.4, -0.2) is 63.4 Å². The Morgan fingerprint density at radius 2 is 0.896 bits per heavy atom. The molecule has 6 rings (SSSR count). The van der Waals surface area contributed by atoms with Gasteiger partial charge in [0.05, 0.1) is 8.67 Å². The number of carbonyl (C=O) groups is 2. The number of hydrogen-bond donors (Lipinski definition) is 2. The summed E-state index contributed by atoms with van der Waals surface area (Å²) in [4.78, 5) is 25.9. The first kappa shape index (κ1) is 35.0. The van der Waals surface area contributed by atoms with Gasteiger partial charge in [0.1, 0.15) is 8.42 Å². The van der Waals surface area contributed by atoms with Crippen LogP contribution in [0.2, 0.25) is 8.67 Å². The van der Waals surface area contributed by atoms with Gasteiger partial charge in [-0.2, -0.15) is 8.61 Å². The number of sulfonamides is 2. The number of halogens is 2. The molecule has 10 nitrogen and oxygen atoms in total. The predicted molar refractivity (Wildman–Crippen MR) is 191 cm³/mol. The van der Waals surface area contributed by atoms with E-state index >= 15 is 0 Å². The Balaban J connectivity index is 0.969. The third-order valence-electron chi connectivity index (χ3n) is 8.57. The monoisotopic (exact) mass is 766 g/mol. The normalized spacial score (nSPS) is 17.3. The SMILES string of the molecule is O=C(Nc1ccc(-c2ccc(NC(=O)C3CCN(S(=O)(=O)c4ccc(Cl)s4)CC3)cc2)cc1)C1CCN(S(=O)(=O)c2ccc(Cl)s2)CC1. The maximum Gasteiger partial charge on any atom is 0.252 e.